The van der Waals surface area contributed by atoms with Gasteiger partial charge in [0.05, 0.1) is 25.9 Å². The van der Waals surface area contributed by atoms with Crippen molar-refractivity contribution >= 4 is 15.9 Å². The maximum atomic E-state index is 5.99. The standard InChI is InChI=1S/C18H24BrNO3/c19-14-11-18-17(21-7-3-8-22-18)10-13(14)12-20-6-9-23-16-5-2-1-4-15(16)20/h10-11,15-16H,1-9,12H2/t15-,16+/m0/s1. The largest absolute Gasteiger partial charge is 0.490 e. The lowest BCUT2D eigenvalue weighted by atomic mass is 9.90. The topological polar surface area (TPSA) is 30.9 Å². The van der Waals surface area contributed by atoms with Crippen molar-refractivity contribution in [1.29, 1.82) is 0 Å². The van der Waals surface area contributed by atoms with E-state index < -0.39 is 0 Å². The van der Waals surface area contributed by atoms with E-state index in [4.69, 9.17) is 14.2 Å². The van der Waals surface area contributed by atoms with Gasteiger partial charge < -0.3 is 14.2 Å². The summed E-state index contributed by atoms with van der Waals surface area (Å²) >= 11 is 3.72. The van der Waals surface area contributed by atoms with Gasteiger partial charge in [0.2, 0.25) is 0 Å². The summed E-state index contributed by atoms with van der Waals surface area (Å²) in [5, 5.41) is 0. The van der Waals surface area contributed by atoms with Crippen molar-refractivity contribution in [1.82, 2.24) is 4.90 Å². The van der Waals surface area contributed by atoms with Gasteiger partial charge in [0, 0.05) is 30.0 Å². The minimum absolute atomic E-state index is 0.427. The maximum Gasteiger partial charge on any atom is 0.162 e. The van der Waals surface area contributed by atoms with Crippen LogP contribution in [-0.2, 0) is 11.3 Å². The molecule has 0 aromatic heterocycles. The third kappa shape index (κ3) is 3.37. The van der Waals surface area contributed by atoms with Crippen LogP contribution in [0.2, 0.25) is 0 Å². The maximum absolute atomic E-state index is 5.99. The number of nitrogens with zero attached hydrogens (tertiary/aromatic N) is 1. The third-order valence-corrected chi connectivity index (χ3v) is 5.88. The van der Waals surface area contributed by atoms with Gasteiger partial charge in [-0.1, -0.05) is 28.8 Å². The van der Waals surface area contributed by atoms with Gasteiger partial charge in [0.1, 0.15) is 0 Å². The molecule has 2 aliphatic heterocycles. The Morgan fingerprint density at radius 3 is 2.65 bits per heavy atom. The van der Waals surface area contributed by atoms with Crippen LogP contribution in [0.1, 0.15) is 37.7 Å². The first-order chi connectivity index (χ1) is 11.3. The zero-order valence-electron chi connectivity index (χ0n) is 13.4. The summed E-state index contributed by atoms with van der Waals surface area (Å²) in [6, 6.07) is 4.78. The second-order valence-electron chi connectivity index (χ2n) is 6.67. The number of ether oxygens (including phenoxy) is 3. The van der Waals surface area contributed by atoms with Crippen LogP contribution in [-0.4, -0.2) is 43.4 Å². The smallest absolute Gasteiger partial charge is 0.162 e. The highest BCUT2D eigenvalue weighted by molar-refractivity contribution is 9.10. The van der Waals surface area contributed by atoms with E-state index in [9.17, 15) is 0 Å². The zero-order valence-corrected chi connectivity index (χ0v) is 15.0. The van der Waals surface area contributed by atoms with Crippen molar-refractivity contribution in [3.63, 3.8) is 0 Å². The van der Waals surface area contributed by atoms with Crippen LogP contribution in [0.3, 0.4) is 0 Å². The predicted octanol–water partition coefficient (Wildman–Crippen LogP) is 3.75. The minimum Gasteiger partial charge on any atom is -0.490 e. The monoisotopic (exact) mass is 381 g/mol. The van der Waals surface area contributed by atoms with E-state index in [0.29, 0.717) is 12.1 Å². The molecule has 1 aromatic rings. The Bertz CT molecular complexity index is 563. The van der Waals surface area contributed by atoms with Gasteiger partial charge in [0.25, 0.3) is 0 Å². The Morgan fingerprint density at radius 2 is 1.78 bits per heavy atom. The summed E-state index contributed by atoms with van der Waals surface area (Å²) in [5.41, 5.74) is 1.28. The molecule has 0 radical (unpaired) electrons. The average molecular weight is 382 g/mol. The number of benzene rings is 1. The molecule has 1 saturated carbocycles. The first kappa shape index (κ1) is 15.7. The van der Waals surface area contributed by atoms with E-state index in [0.717, 1.165) is 55.3 Å². The molecule has 5 heteroatoms. The first-order valence-electron chi connectivity index (χ1n) is 8.75. The number of rotatable bonds is 2. The van der Waals surface area contributed by atoms with Crippen LogP contribution in [0.4, 0.5) is 0 Å². The van der Waals surface area contributed by atoms with E-state index in [1.807, 2.05) is 0 Å². The molecule has 23 heavy (non-hydrogen) atoms. The molecule has 4 rings (SSSR count). The van der Waals surface area contributed by atoms with Gasteiger partial charge >= 0.3 is 0 Å². The Labute approximate surface area is 146 Å². The molecule has 126 valence electrons. The van der Waals surface area contributed by atoms with Crippen molar-refractivity contribution in [3.05, 3.63) is 22.2 Å². The lowest BCUT2D eigenvalue weighted by Crippen LogP contribution is -2.52. The van der Waals surface area contributed by atoms with E-state index in [1.54, 1.807) is 0 Å². The van der Waals surface area contributed by atoms with Crippen LogP contribution < -0.4 is 9.47 Å². The van der Waals surface area contributed by atoms with E-state index in [-0.39, 0.29) is 0 Å². The summed E-state index contributed by atoms with van der Waals surface area (Å²) in [4.78, 5) is 2.59. The van der Waals surface area contributed by atoms with Gasteiger partial charge in [-0.05, 0) is 30.5 Å². The molecule has 0 spiro atoms. The number of hydrogen-bond acceptors (Lipinski definition) is 4. The van der Waals surface area contributed by atoms with Crippen LogP contribution in [0, 0.1) is 0 Å². The molecule has 0 amide bonds. The van der Waals surface area contributed by atoms with Gasteiger partial charge in [0.15, 0.2) is 11.5 Å². The summed E-state index contributed by atoms with van der Waals surface area (Å²) in [7, 11) is 0. The van der Waals surface area contributed by atoms with Crippen molar-refractivity contribution in [3.8, 4) is 11.5 Å². The quantitative estimate of drug-likeness (QED) is 0.780. The molecular formula is C18H24BrNO3. The minimum atomic E-state index is 0.427. The van der Waals surface area contributed by atoms with Crippen LogP contribution in [0.25, 0.3) is 0 Å². The number of hydrogen-bond donors (Lipinski definition) is 0. The average Bonchev–Trinajstić information content (AvgIpc) is 2.80. The highest BCUT2D eigenvalue weighted by atomic mass is 79.9. The van der Waals surface area contributed by atoms with Crippen molar-refractivity contribution < 1.29 is 14.2 Å². The number of morpholine rings is 1. The molecule has 2 fully saturated rings. The number of fused-ring (bicyclic) bond motifs is 2. The molecule has 1 aliphatic carbocycles. The van der Waals surface area contributed by atoms with Gasteiger partial charge in [-0.25, -0.2) is 0 Å². The lowest BCUT2D eigenvalue weighted by Gasteiger charge is -2.44. The summed E-state index contributed by atoms with van der Waals surface area (Å²) in [6.45, 7) is 4.27. The molecule has 1 aromatic carbocycles. The SMILES string of the molecule is Brc1cc2c(cc1CN1CCO[C@@H]3CCCC[C@@H]31)OCCCO2. The second kappa shape index (κ2) is 6.99. The molecule has 3 aliphatic rings. The number of halogens is 1. The van der Waals surface area contributed by atoms with Crippen molar-refractivity contribution in [2.75, 3.05) is 26.4 Å². The van der Waals surface area contributed by atoms with Crippen molar-refractivity contribution in [2.24, 2.45) is 0 Å². The highest BCUT2D eigenvalue weighted by Gasteiger charge is 2.34. The molecule has 0 unspecified atom stereocenters. The van der Waals surface area contributed by atoms with E-state index in [2.05, 4.69) is 33.0 Å². The van der Waals surface area contributed by atoms with E-state index >= 15 is 0 Å². The first-order valence-corrected chi connectivity index (χ1v) is 9.54. The second-order valence-corrected chi connectivity index (χ2v) is 7.53. The van der Waals surface area contributed by atoms with Crippen LogP contribution in [0.15, 0.2) is 16.6 Å². The normalized spacial score (nSPS) is 28.0. The fourth-order valence-corrected chi connectivity index (χ4v) is 4.39. The zero-order chi connectivity index (χ0) is 15.6. The molecular weight excluding hydrogens is 358 g/mol. The Morgan fingerprint density at radius 1 is 1.00 bits per heavy atom. The van der Waals surface area contributed by atoms with Crippen molar-refractivity contribution in [2.45, 2.75) is 50.8 Å². The summed E-state index contributed by atoms with van der Waals surface area (Å²) < 4.78 is 18.7. The van der Waals surface area contributed by atoms with Crippen LogP contribution >= 0.6 is 15.9 Å². The highest BCUT2D eigenvalue weighted by Crippen LogP contribution is 2.37. The third-order valence-electron chi connectivity index (χ3n) is 5.14. The molecule has 2 atom stereocenters. The Kier molecular flexibility index (Phi) is 4.78. The summed E-state index contributed by atoms with van der Waals surface area (Å²) in [6.07, 6.45) is 6.47. The molecule has 2 heterocycles. The molecule has 0 N–H and O–H groups in total. The lowest BCUT2D eigenvalue weighted by molar-refractivity contribution is -0.0911. The predicted molar refractivity (Wildman–Crippen MR) is 92.2 cm³/mol. The molecule has 1 saturated heterocycles. The van der Waals surface area contributed by atoms with Crippen LogP contribution in [0.5, 0.6) is 11.5 Å². The fourth-order valence-electron chi connectivity index (χ4n) is 3.94. The molecule has 4 nitrogen and oxygen atoms in total. The Hall–Kier alpha value is -0.780. The summed E-state index contributed by atoms with van der Waals surface area (Å²) in [5.74, 6) is 1.74. The van der Waals surface area contributed by atoms with Gasteiger partial charge in [-0.2, -0.15) is 0 Å². The van der Waals surface area contributed by atoms with Gasteiger partial charge in [-0.15, -0.1) is 0 Å². The van der Waals surface area contributed by atoms with Gasteiger partial charge in [-0.3, -0.25) is 4.90 Å². The molecule has 0 bridgehead atoms. The fraction of sp³-hybridized carbons (Fsp3) is 0.667. The Balaban J connectivity index is 1.54. The van der Waals surface area contributed by atoms with E-state index in [1.165, 1.54) is 31.2 Å².